The number of nitrogens with one attached hydrogen (secondary N) is 1. The Bertz CT molecular complexity index is 840. The number of aryl methyl sites for hydroxylation is 3. The average Bonchev–Trinajstić information content (AvgIpc) is 3.03. The molecule has 3 amide bonds. The van der Waals surface area contributed by atoms with E-state index in [0.717, 1.165) is 23.2 Å². The van der Waals surface area contributed by atoms with Gasteiger partial charge < -0.3 is 19.6 Å². The fourth-order valence-electron chi connectivity index (χ4n) is 3.47. The van der Waals surface area contributed by atoms with Crippen molar-refractivity contribution < 1.29 is 18.5 Å². The molecule has 1 aliphatic heterocycles. The lowest BCUT2D eigenvalue weighted by Gasteiger charge is -2.34. The van der Waals surface area contributed by atoms with E-state index >= 15 is 0 Å². The standard InChI is InChI=1S/C21H27FN4O3/c1-15-19(16(2)29-24-15)14-20(27)25-9-11-26(12-10-25)21(28)23-8-4-6-17-5-3-7-18(22)13-17/h3,5,7,13H,4,6,8-12,14H2,1-2H3,(H,23,28). The number of piperazine rings is 1. The van der Waals surface area contributed by atoms with Gasteiger partial charge in [-0.25, -0.2) is 9.18 Å². The largest absolute Gasteiger partial charge is 0.361 e. The van der Waals surface area contributed by atoms with Crippen molar-refractivity contribution in [3.05, 3.63) is 52.7 Å². The molecule has 156 valence electrons. The molecule has 1 N–H and O–H groups in total. The van der Waals surface area contributed by atoms with Crippen LogP contribution < -0.4 is 5.32 Å². The lowest BCUT2D eigenvalue weighted by Crippen LogP contribution is -2.53. The van der Waals surface area contributed by atoms with E-state index in [-0.39, 0.29) is 24.2 Å². The Kier molecular flexibility index (Phi) is 6.85. The van der Waals surface area contributed by atoms with Crippen molar-refractivity contribution in [1.82, 2.24) is 20.3 Å². The monoisotopic (exact) mass is 402 g/mol. The minimum Gasteiger partial charge on any atom is -0.361 e. The van der Waals surface area contributed by atoms with Gasteiger partial charge in [-0.3, -0.25) is 4.79 Å². The van der Waals surface area contributed by atoms with Gasteiger partial charge in [0.15, 0.2) is 0 Å². The van der Waals surface area contributed by atoms with Crippen LogP contribution in [0.3, 0.4) is 0 Å². The van der Waals surface area contributed by atoms with E-state index < -0.39 is 0 Å². The van der Waals surface area contributed by atoms with Gasteiger partial charge in [0.25, 0.3) is 0 Å². The number of rotatable bonds is 6. The molecule has 0 saturated carbocycles. The van der Waals surface area contributed by atoms with Crippen LogP contribution in [0.4, 0.5) is 9.18 Å². The summed E-state index contributed by atoms with van der Waals surface area (Å²) >= 11 is 0. The number of aromatic nitrogens is 1. The zero-order valence-corrected chi connectivity index (χ0v) is 16.9. The molecule has 1 aromatic carbocycles. The summed E-state index contributed by atoms with van der Waals surface area (Å²) in [7, 11) is 0. The average molecular weight is 402 g/mol. The number of hydrogen-bond donors (Lipinski definition) is 1. The number of carbonyl (C=O) groups excluding carboxylic acids is 2. The molecule has 0 aliphatic carbocycles. The van der Waals surface area contributed by atoms with Crippen LogP contribution in [0.25, 0.3) is 0 Å². The fraction of sp³-hybridized carbons (Fsp3) is 0.476. The van der Waals surface area contributed by atoms with Crippen LogP contribution in [-0.2, 0) is 17.6 Å². The van der Waals surface area contributed by atoms with Crippen LogP contribution in [0.15, 0.2) is 28.8 Å². The molecular formula is C21H27FN4O3. The lowest BCUT2D eigenvalue weighted by molar-refractivity contribution is -0.131. The summed E-state index contributed by atoms with van der Waals surface area (Å²) in [5.41, 5.74) is 2.50. The summed E-state index contributed by atoms with van der Waals surface area (Å²) in [4.78, 5) is 28.3. The van der Waals surface area contributed by atoms with E-state index in [4.69, 9.17) is 4.52 Å². The molecule has 0 radical (unpaired) electrons. The van der Waals surface area contributed by atoms with Crippen LogP contribution in [-0.4, -0.2) is 59.6 Å². The SMILES string of the molecule is Cc1noc(C)c1CC(=O)N1CCN(C(=O)NCCCc2cccc(F)c2)CC1. The molecule has 0 unspecified atom stereocenters. The Hall–Kier alpha value is -2.90. The van der Waals surface area contributed by atoms with E-state index in [0.29, 0.717) is 44.9 Å². The fourth-order valence-corrected chi connectivity index (χ4v) is 3.47. The maximum absolute atomic E-state index is 13.2. The van der Waals surface area contributed by atoms with E-state index in [1.807, 2.05) is 13.0 Å². The highest BCUT2D eigenvalue weighted by Crippen LogP contribution is 2.15. The van der Waals surface area contributed by atoms with Gasteiger partial charge >= 0.3 is 6.03 Å². The van der Waals surface area contributed by atoms with Gasteiger partial charge in [-0.15, -0.1) is 0 Å². The Morgan fingerprint density at radius 3 is 2.55 bits per heavy atom. The zero-order valence-electron chi connectivity index (χ0n) is 16.9. The van der Waals surface area contributed by atoms with E-state index in [1.54, 1.807) is 22.8 Å². The van der Waals surface area contributed by atoms with E-state index in [2.05, 4.69) is 10.5 Å². The smallest absolute Gasteiger partial charge is 0.317 e. The molecule has 2 heterocycles. The topological polar surface area (TPSA) is 78.7 Å². The highest BCUT2D eigenvalue weighted by molar-refractivity contribution is 5.80. The Morgan fingerprint density at radius 2 is 1.90 bits per heavy atom. The molecule has 8 heteroatoms. The predicted molar refractivity (Wildman–Crippen MR) is 106 cm³/mol. The van der Waals surface area contributed by atoms with E-state index in [9.17, 15) is 14.0 Å². The molecule has 1 saturated heterocycles. The third-order valence-electron chi connectivity index (χ3n) is 5.24. The van der Waals surface area contributed by atoms with Crippen molar-refractivity contribution in [1.29, 1.82) is 0 Å². The predicted octanol–water partition coefficient (Wildman–Crippen LogP) is 2.46. The minimum atomic E-state index is -0.242. The van der Waals surface area contributed by atoms with Crippen molar-refractivity contribution in [2.24, 2.45) is 0 Å². The molecule has 3 rings (SSSR count). The highest BCUT2D eigenvalue weighted by Gasteiger charge is 2.25. The Balaban J connectivity index is 1.37. The molecule has 1 fully saturated rings. The summed E-state index contributed by atoms with van der Waals surface area (Å²) in [6, 6.07) is 6.38. The molecule has 0 spiro atoms. The van der Waals surface area contributed by atoms with Gasteiger partial charge in [-0.2, -0.15) is 0 Å². The second-order valence-electron chi connectivity index (χ2n) is 7.31. The van der Waals surface area contributed by atoms with Gasteiger partial charge in [0, 0.05) is 38.3 Å². The Labute approximate surface area is 169 Å². The lowest BCUT2D eigenvalue weighted by atomic mass is 10.1. The van der Waals surface area contributed by atoms with Gasteiger partial charge in [0.2, 0.25) is 5.91 Å². The van der Waals surface area contributed by atoms with Gasteiger partial charge in [0.05, 0.1) is 12.1 Å². The van der Waals surface area contributed by atoms with Crippen LogP contribution in [0, 0.1) is 19.7 Å². The third-order valence-corrected chi connectivity index (χ3v) is 5.24. The summed E-state index contributed by atoms with van der Waals surface area (Å²) in [6.45, 7) is 6.19. The number of benzene rings is 1. The molecule has 7 nitrogen and oxygen atoms in total. The summed E-state index contributed by atoms with van der Waals surface area (Å²) in [5.74, 6) is 0.454. The highest BCUT2D eigenvalue weighted by atomic mass is 19.1. The normalized spacial score (nSPS) is 14.2. The van der Waals surface area contributed by atoms with Crippen LogP contribution in [0.2, 0.25) is 0 Å². The molecule has 0 atom stereocenters. The Morgan fingerprint density at radius 1 is 1.17 bits per heavy atom. The summed E-state index contributed by atoms with van der Waals surface area (Å²) in [5, 5.41) is 6.78. The van der Waals surface area contributed by atoms with Crippen molar-refractivity contribution in [3.8, 4) is 0 Å². The number of hydrogen-bond acceptors (Lipinski definition) is 4. The third kappa shape index (κ3) is 5.56. The number of urea groups is 1. The van der Waals surface area contributed by atoms with E-state index in [1.165, 1.54) is 12.1 Å². The second-order valence-corrected chi connectivity index (χ2v) is 7.31. The van der Waals surface area contributed by atoms with Gasteiger partial charge in [0.1, 0.15) is 11.6 Å². The van der Waals surface area contributed by atoms with Gasteiger partial charge in [-0.05, 0) is 44.4 Å². The second kappa shape index (κ2) is 9.54. The molecule has 2 aromatic rings. The summed E-state index contributed by atoms with van der Waals surface area (Å²) in [6.07, 6.45) is 1.72. The van der Waals surface area contributed by atoms with Crippen LogP contribution in [0.5, 0.6) is 0 Å². The van der Waals surface area contributed by atoms with Crippen molar-refractivity contribution in [2.45, 2.75) is 33.1 Å². The van der Waals surface area contributed by atoms with Crippen molar-refractivity contribution in [2.75, 3.05) is 32.7 Å². The first-order chi connectivity index (χ1) is 13.9. The summed E-state index contributed by atoms with van der Waals surface area (Å²) < 4.78 is 18.3. The molecule has 1 aliphatic rings. The zero-order chi connectivity index (χ0) is 20.8. The van der Waals surface area contributed by atoms with Gasteiger partial charge in [-0.1, -0.05) is 17.3 Å². The first kappa shape index (κ1) is 20.8. The number of amides is 3. The molecule has 1 aromatic heterocycles. The number of halogens is 1. The number of carbonyl (C=O) groups is 2. The molecular weight excluding hydrogens is 375 g/mol. The minimum absolute atomic E-state index is 0.0227. The van der Waals surface area contributed by atoms with Crippen molar-refractivity contribution in [3.63, 3.8) is 0 Å². The number of nitrogens with zero attached hydrogens (tertiary/aromatic N) is 3. The maximum atomic E-state index is 13.2. The molecule has 0 bridgehead atoms. The van der Waals surface area contributed by atoms with Crippen LogP contribution in [0.1, 0.15) is 29.0 Å². The van der Waals surface area contributed by atoms with Crippen molar-refractivity contribution >= 4 is 11.9 Å². The molecule has 29 heavy (non-hydrogen) atoms. The first-order valence-corrected chi connectivity index (χ1v) is 9.91. The quantitative estimate of drug-likeness (QED) is 0.753. The first-order valence-electron chi connectivity index (χ1n) is 9.91. The maximum Gasteiger partial charge on any atom is 0.317 e. The van der Waals surface area contributed by atoms with Crippen LogP contribution >= 0.6 is 0 Å².